The van der Waals surface area contributed by atoms with Crippen LogP contribution in [0, 0.1) is 11.8 Å². The van der Waals surface area contributed by atoms with Gasteiger partial charge in [-0.3, -0.25) is 4.79 Å². The van der Waals surface area contributed by atoms with Gasteiger partial charge in [0, 0.05) is 18.6 Å². The molecule has 2 rings (SSSR count). The number of nitrogens with zero attached hydrogens (tertiary/aromatic N) is 1. The fourth-order valence-electron chi connectivity index (χ4n) is 3.33. The molecule has 0 spiro atoms. The first-order valence-electron chi connectivity index (χ1n) is 7.33. The second-order valence-electron chi connectivity index (χ2n) is 6.11. The first-order valence-corrected chi connectivity index (χ1v) is 7.33. The molecule has 18 heavy (non-hydrogen) atoms. The van der Waals surface area contributed by atoms with E-state index in [-0.39, 0.29) is 17.9 Å². The summed E-state index contributed by atoms with van der Waals surface area (Å²) in [6, 6.07) is 0.561. The smallest absolute Gasteiger partial charge is 0.224 e. The van der Waals surface area contributed by atoms with Gasteiger partial charge in [-0.05, 0) is 45.2 Å². The predicted molar refractivity (Wildman–Crippen MR) is 73.1 cm³/mol. The van der Waals surface area contributed by atoms with Gasteiger partial charge in [-0.2, -0.15) is 0 Å². The molecule has 2 aliphatic rings. The van der Waals surface area contributed by atoms with E-state index < -0.39 is 0 Å². The number of nitrogens with two attached hydrogens (primary N) is 1. The van der Waals surface area contributed by atoms with E-state index in [0.29, 0.717) is 12.0 Å². The van der Waals surface area contributed by atoms with Crippen LogP contribution in [0.2, 0.25) is 0 Å². The highest BCUT2D eigenvalue weighted by Crippen LogP contribution is 2.28. The molecule has 0 bridgehead atoms. The van der Waals surface area contributed by atoms with Crippen LogP contribution < -0.4 is 11.1 Å². The molecule has 1 saturated heterocycles. The first-order chi connectivity index (χ1) is 8.59. The Morgan fingerprint density at radius 1 is 1.33 bits per heavy atom. The normalized spacial score (nSPS) is 37.7. The van der Waals surface area contributed by atoms with Crippen LogP contribution in [0.25, 0.3) is 0 Å². The number of rotatable bonds is 3. The zero-order chi connectivity index (χ0) is 13.1. The third-order valence-corrected chi connectivity index (χ3v) is 4.82. The number of nitrogens with one attached hydrogen (secondary N) is 1. The summed E-state index contributed by atoms with van der Waals surface area (Å²) >= 11 is 0. The number of carbonyl (C=O) groups excluding carboxylic acids is 1. The molecule has 3 N–H and O–H groups in total. The minimum atomic E-state index is 0.0282. The SMILES string of the molecule is CC1CCCC(C(=O)NCC2CCCN2C)C1N. The highest BCUT2D eigenvalue weighted by Gasteiger charge is 2.33. The number of amides is 1. The number of hydrogen-bond acceptors (Lipinski definition) is 3. The average Bonchev–Trinajstić information content (AvgIpc) is 2.75. The second-order valence-corrected chi connectivity index (χ2v) is 6.11. The van der Waals surface area contributed by atoms with Crippen molar-refractivity contribution in [2.75, 3.05) is 20.1 Å². The monoisotopic (exact) mass is 253 g/mol. The van der Waals surface area contributed by atoms with Crippen molar-refractivity contribution < 1.29 is 4.79 Å². The summed E-state index contributed by atoms with van der Waals surface area (Å²) in [6.45, 7) is 4.10. The van der Waals surface area contributed by atoms with Gasteiger partial charge in [-0.1, -0.05) is 13.3 Å². The van der Waals surface area contributed by atoms with E-state index in [1.807, 2.05) is 0 Å². The zero-order valence-electron chi connectivity index (χ0n) is 11.7. The minimum absolute atomic E-state index is 0.0282. The maximum Gasteiger partial charge on any atom is 0.224 e. The van der Waals surface area contributed by atoms with Crippen molar-refractivity contribution in [3.63, 3.8) is 0 Å². The van der Waals surface area contributed by atoms with E-state index in [1.165, 1.54) is 12.8 Å². The topological polar surface area (TPSA) is 58.4 Å². The van der Waals surface area contributed by atoms with E-state index in [0.717, 1.165) is 32.4 Å². The summed E-state index contributed by atoms with van der Waals surface area (Å²) in [4.78, 5) is 14.5. The van der Waals surface area contributed by atoms with E-state index in [9.17, 15) is 4.79 Å². The molecule has 4 unspecified atom stereocenters. The van der Waals surface area contributed by atoms with Gasteiger partial charge in [0.25, 0.3) is 0 Å². The molecule has 4 heteroatoms. The van der Waals surface area contributed by atoms with Crippen molar-refractivity contribution >= 4 is 5.91 Å². The molecule has 1 amide bonds. The Morgan fingerprint density at radius 2 is 2.11 bits per heavy atom. The maximum atomic E-state index is 12.2. The highest BCUT2D eigenvalue weighted by molar-refractivity contribution is 5.79. The molecule has 2 fully saturated rings. The van der Waals surface area contributed by atoms with Gasteiger partial charge in [0.15, 0.2) is 0 Å². The third-order valence-electron chi connectivity index (χ3n) is 4.82. The fourth-order valence-corrected chi connectivity index (χ4v) is 3.33. The Labute approximate surface area is 110 Å². The number of hydrogen-bond donors (Lipinski definition) is 2. The van der Waals surface area contributed by atoms with Crippen molar-refractivity contribution in [1.82, 2.24) is 10.2 Å². The molecule has 0 aromatic carbocycles. The van der Waals surface area contributed by atoms with Gasteiger partial charge in [0.05, 0.1) is 5.92 Å². The van der Waals surface area contributed by atoms with Crippen molar-refractivity contribution in [2.24, 2.45) is 17.6 Å². The van der Waals surface area contributed by atoms with E-state index in [4.69, 9.17) is 5.73 Å². The Balaban J connectivity index is 1.80. The lowest BCUT2D eigenvalue weighted by Gasteiger charge is -2.33. The van der Waals surface area contributed by atoms with Crippen LogP contribution in [-0.4, -0.2) is 43.0 Å². The molecule has 1 saturated carbocycles. The Bertz CT molecular complexity index is 295. The average molecular weight is 253 g/mol. The number of likely N-dealkylation sites (tertiary alicyclic amines) is 1. The summed E-state index contributed by atoms with van der Waals surface area (Å²) in [5, 5.41) is 3.12. The van der Waals surface area contributed by atoms with Crippen LogP contribution in [-0.2, 0) is 4.79 Å². The molecule has 4 atom stereocenters. The van der Waals surface area contributed by atoms with Gasteiger partial charge >= 0.3 is 0 Å². The molecular formula is C14H27N3O. The largest absolute Gasteiger partial charge is 0.354 e. The van der Waals surface area contributed by atoms with E-state index >= 15 is 0 Å². The van der Waals surface area contributed by atoms with Gasteiger partial charge in [-0.15, -0.1) is 0 Å². The molecular weight excluding hydrogens is 226 g/mol. The minimum Gasteiger partial charge on any atom is -0.354 e. The van der Waals surface area contributed by atoms with Gasteiger partial charge in [0.2, 0.25) is 5.91 Å². The Morgan fingerprint density at radius 3 is 2.78 bits per heavy atom. The Kier molecular flexibility index (Phi) is 4.62. The van der Waals surface area contributed by atoms with Crippen molar-refractivity contribution in [1.29, 1.82) is 0 Å². The summed E-state index contributed by atoms with van der Waals surface area (Å²) in [7, 11) is 2.14. The summed E-state index contributed by atoms with van der Waals surface area (Å²) in [5.74, 6) is 0.679. The van der Waals surface area contributed by atoms with E-state index in [1.54, 1.807) is 0 Å². The Hall–Kier alpha value is -0.610. The summed E-state index contributed by atoms with van der Waals surface area (Å²) in [6.07, 6.45) is 5.70. The predicted octanol–water partition coefficient (Wildman–Crippen LogP) is 0.960. The van der Waals surface area contributed by atoms with Crippen LogP contribution in [0.1, 0.15) is 39.0 Å². The molecule has 4 nitrogen and oxygen atoms in total. The van der Waals surface area contributed by atoms with Crippen LogP contribution in [0.15, 0.2) is 0 Å². The van der Waals surface area contributed by atoms with Crippen molar-refractivity contribution in [3.8, 4) is 0 Å². The molecule has 104 valence electrons. The standard InChI is InChI=1S/C14H27N3O/c1-10-5-3-7-12(13(10)15)14(18)16-9-11-6-4-8-17(11)2/h10-13H,3-9,15H2,1-2H3,(H,16,18). The molecule has 0 aromatic rings. The fraction of sp³-hybridized carbons (Fsp3) is 0.929. The van der Waals surface area contributed by atoms with Crippen molar-refractivity contribution in [3.05, 3.63) is 0 Å². The summed E-state index contributed by atoms with van der Waals surface area (Å²) in [5.41, 5.74) is 6.16. The lowest BCUT2D eigenvalue weighted by Crippen LogP contribution is -2.49. The third kappa shape index (κ3) is 3.04. The lowest BCUT2D eigenvalue weighted by molar-refractivity contribution is -0.127. The van der Waals surface area contributed by atoms with Gasteiger partial charge in [0.1, 0.15) is 0 Å². The number of likely N-dealkylation sites (N-methyl/N-ethyl adjacent to an activating group) is 1. The van der Waals surface area contributed by atoms with Crippen LogP contribution in [0.5, 0.6) is 0 Å². The van der Waals surface area contributed by atoms with Crippen LogP contribution in [0.3, 0.4) is 0 Å². The van der Waals surface area contributed by atoms with E-state index in [2.05, 4.69) is 24.2 Å². The van der Waals surface area contributed by atoms with Gasteiger partial charge < -0.3 is 16.0 Å². The maximum absolute atomic E-state index is 12.2. The van der Waals surface area contributed by atoms with Crippen LogP contribution >= 0.6 is 0 Å². The number of carbonyl (C=O) groups is 1. The quantitative estimate of drug-likeness (QED) is 0.787. The summed E-state index contributed by atoms with van der Waals surface area (Å²) < 4.78 is 0. The first kappa shape index (κ1) is 13.8. The molecule has 0 aromatic heterocycles. The van der Waals surface area contributed by atoms with Crippen molar-refractivity contribution in [2.45, 2.75) is 51.1 Å². The molecule has 0 radical (unpaired) electrons. The molecule has 1 heterocycles. The second kappa shape index (κ2) is 6.02. The zero-order valence-corrected chi connectivity index (χ0v) is 11.7. The molecule has 1 aliphatic carbocycles. The lowest BCUT2D eigenvalue weighted by atomic mass is 9.78. The highest BCUT2D eigenvalue weighted by atomic mass is 16.1. The van der Waals surface area contributed by atoms with Gasteiger partial charge in [-0.25, -0.2) is 0 Å². The van der Waals surface area contributed by atoms with Crippen LogP contribution in [0.4, 0.5) is 0 Å². The molecule has 1 aliphatic heterocycles.